The second-order valence-corrected chi connectivity index (χ2v) is 13.6. The summed E-state index contributed by atoms with van der Waals surface area (Å²) in [5.74, 6) is 3.08. The molecule has 7 nitrogen and oxygen atoms in total. The second kappa shape index (κ2) is 26.5. The van der Waals surface area contributed by atoms with Crippen molar-refractivity contribution in [3.8, 4) is 0 Å². The number of H-pyrrole nitrogens is 1. The van der Waals surface area contributed by atoms with Crippen molar-refractivity contribution in [3.63, 3.8) is 0 Å². The summed E-state index contributed by atoms with van der Waals surface area (Å²) in [7, 11) is 0. The normalized spacial score (nSPS) is 9.73. The van der Waals surface area contributed by atoms with E-state index in [0.29, 0.717) is 0 Å². The summed E-state index contributed by atoms with van der Waals surface area (Å²) in [5, 5.41) is 7.72. The van der Waals surface area contributed by atoms with Crippen LogP contribution in [0.4, 0.5) is 0 Å². The first-order valence-electron chi connectivity index (χ1n) is 18.4. The number of aryl methyl sites for hydroxylation is 12. The van der Waals surface area contributed by atoms with Gasteiger partial charge in [0.1, 0.15) is 17.3 Å². The Bertz CT molecular complexity index is 1550. The largest absolute Gasteiger partial charge is 0.466 e. The van der Waals surface area contributed by atoms with Gasteiger partial charge in [0.05, 0.1) is 5.69 Å². The van der Waals surface area contributed by atoms with E-state index >= 15 is 0 Å². The van der Waals surface area contributed by atoms with Gasteiger partial charge in [-0.3, -0.25) is 9.67 Å². The number of benzene rings is 1. The van der Waals surface area contributed by atoms with E-state index in [9.17, 15) is 0 Å². The molecular formula is C43H64N6OS. The number of aromatic amines is 1. The summed E-state index contributed by atoms with van der Waals surface area (Å²) >= 11 is 1.89. The predicted octanol–water partition coefficient (Wildman–Crippen LogP) is 11.6. The molecule has 278 valence electrons. The molecule has 0 saturated heterocycles. The fourth-order valence-corrected chi connectivity index (χ4v) is 5.10. The first-order chi connectivity index (χ1) is 24.5. The average molecular weight is 713 g/mol. The third kappa shape index (κ3) is 20.8. The summed E-state index contributed by atoms with van der Waals surface area (Å²) in [6.45, 7) is 25.9. The molecule has 1 aromatic carbocycles. The van der Waals surface area contributed by atoms with Crippen LogP contribution in [0.2, 0.25) is 0 Å². The number of rotatable bonds is 7. The third-order valence-electron chi connectivity index (χ3n) is 7.44. The number of furan rings is 1. The van der Waals surface area contributed by atoms with E-state index < -0.39 is 0 Å². The summed E-state index contributed by atoms with van der Waals surface area (Å²) in [4.78, 5) is 14.2. The van der Waals surface area contributed by atoms with Crippen molar-refractivity contribution in [2.75, 3.05) is 0 Å². The lowest BCUT2D eigenvalue weighted by atomic mass is 10.1. The van der Waals surface area contributed by atoms with Crippen LogP contribution in [-0.2, 0) is 38.6 Å². The van der Waals surface area contributed by atoms with Crippen molar-refractivity contribution in [2.24, 2.45) is 0 Å². The smallest absolute Gasteiger partial charge is 0.103 e. The Kier molecular flexibility index (Phi) is 23.2. The van der Waals surface area contributed by atoms with Crippen molar-refractivity contribution in [1.82, 2.24) is 29.9 Å². The molecule has 51 heavy (non-hydrogen) atoms. The van der Waals surface area contributed by atoms with E-state index in [1.165, 1.54) is 38.6 Å². The van der Waals surface area contributed by atoms with Gasteiger partial charge in [-0.1, -0.05) is 82.7 Å². The SMILES string of the molecule is CCCn1cc(C)nn1.CCc1ccc(C)cc1.CCc1ccc(C)nc1.CCc1ccc(C)o1.CCc1ccc(C)s1.CCc1cnc(C)[nH]1. The van der Waals surface area contributed by atoms with E-state index in [4.69, 9.17) is 4.42 Å². The number of hydrogen-bond acceptors (Lipinski definition) is 6. The van der Waals surface area contributed by atoms with Gasteiger partial charge in [-0.2, -0.15) is 0 Å². The summed E-state index contributed by atoms with van der Waals surface area (Å²) in [5.41, 5.74) is 7.35. The van der Waals surface area contributed by atoms with Gasteiger partial charge in [-0.25, -0.2) is 4.98 Å². The number of hydrogen-bond donors (Lipinski definition) is 1. The van der Waals surface area contributed by atoms with Crippen LogP contribution in [0, 0.1) is 41.5 Å². The first kappa shape index (κ1) is 44.7. The van der Waals surface area contributed by atoms with E-state index in [1.807, 2.05) is 80.5 Å². The van der Waals surface area contributed by atoms with Crippen molar-refractivity contribution < 1.29 is 4.42 Å². The minimum atomic E-state index is 0.973. The van der Waals surface area contributed by atoms with Gasteiger partial charge in [0, 0.05) is 52.7 Å². The van der Waals surface area contributed by atoms with Gasteiger partial charge in [-0.15, -0.1) is 16.4 Å². The zero-order chi connectivity index (χ0) is 38.0. The number of nitrogens with one attached hydrogen (secondary N) is 1. The zero-order valence-electron chi connectivity index (χ0n) is 33.5. The van der Waals surface area contributed by atoms with E-state index in [2.05, 4.69) is 123 Å². The number of imidazole rings is 1. The van der Waals surface area contributed by atoms with Crippen molar-refractivity contribution in [2.45, 2.75) is 128 Å². The molecule has 5 aromatic heterocycles. The molecule has 0 aliphatic rings. The lowest BCUT2D eigenvalue weighted by molar-refractivity contribution is 0.489. The molecule has 0 aliphatic heterocycles. The van der Waals surface area contributed by atoms with Gasteiger partial charge in [0.15, 0.2) is 0 Å². The van der Waals surface area contributed by atoms with Gasteiger partial charge < -0.3 is 9.40 Å². The fourth-order valence-electron chi connectivity index (χ4n) is 4.27. The van der Waals surface area contributed by atoms with Gasteiger partial charge in [-0.05, 0) is 115 Å². The second-order valence-electron chi connectivity index (χ2n) is 12.2. The highest BCUT2D eigenvalue weighted by molar-refractivity contribution is 7.11. The van der Waals surface area contributed by atoms with Crippen LogP contribution < -0.4 is 0 Å². The molecule has 0 saturated carbocycles. The van der Waals surface area contributed by atoms with Crippen LogP contribution in [0.5, 0.6) is 0 Å². The highest BCUT2D eigenvalue weighted by Gasteiger charge is 1.93. The molecule has 0 atom stereocenters. The highest BCUT2D eigenvalue weighted by atomic mass is 32.1. The Labute approximate surface area is 313 Å². The van der Waals surface area contributed by atoms with Crippen molar-refractivity contribution in [1.29, 1.82) is 0 Å². The van der Waals surface area contributed by atoms with Gasteiger partial charge in [0.25, 0.3) is 0 Å². The summed E-state index contributed by atoms with van der Waals surface area (Å²) in [6, 6.07) is 21.2. The van der Waals surface area contributed by atoms with E-state index in [0.717, 1.165) is 67.4 Å². The van der Waals surface area contributed by atoms with Crippen molar-refractivity contribution in [3.05, 3.63) is 140 Å². The van der Waals surface area contributed by atoms with E-state index in [1.54, 1.807) is 0 Å². The topological polar surface area (TPSA) is 85.4 Å². The monoisotopic (exact) mass is 712 g/mol. The minimum Gasteiger partial charge on any atom is -0.466 e. The zero-order valence-corrected chi connectivity index (χ0v) is 34.3. The van der Waals surface area contributed by atoms with Crippen LogP contribution >= 0.6 is 11.3 Å². The fraction of sp³-hybridized carbons (Fsp3) is 0.442. The van der Waals surface area contributed by atoms with E-state index in [-0.39, 0.29) is 0 Å². The molecular weight excluding hydrogens is 649 g/mol. The molecule has 0 unspecified atom stereocenters. The Morgan fingerprint density at radius 2 is 1.33 bits per heavy atom. The minimum absolute atomic E-state index is 0.973. The maximum Gasteiger partial charge on any atom is 0.103 e. The van der Waals surface area contributed by atoms with Crippen LogP contribution in [0.3, 0.4) is 0 Å². The van der Waals surface area contributed by atoms with Crippen LogP contribution in [0.15, 0.2) is 83.7 Å². The Hall–Kier alpha value is -4.30. The molecule has 1 N–H and O–H groups in total. The summed E-state index contributed by atoms with van der Waals surface area (Å²) < 4.78 is 7.09. The number of thiophene rings is 1. The molecule has 0 bridgehead atoms. The number of pyridine rings is 1. The lowest BCUT2D eigenvalue weighted by Gasteiger charge is -1.94. The predicted molar refractivity (Wildman–Crippen MR) is 218 cm³/mol. The molecule has 6 aromatic rings. The average Bonchev–Trinajstić information content (AvgIpc) is 3.96. The van der Waals surface area contributed by atoms with Gasteiger partial charge in [0.2, 0.25) is 0 Å². The molecule has 0 aliphatic carbocycles. The third-order valence-corrected chi connectivity index (χ3v) is 8.59. The molecule has 0 radical (unpaired) electrons. The Balaban J connectivity index is 0.000000306. The molecule has 6 rings (SSSR count). The Morgan fingerprint density at radius 3 is 1.69 bits per heavy atom. The standard InChI is InChI=1S/C9H12.C8H11N.C7H10O.C7H10S.C6H11N3.C6H10N2/c1-3-9-6-4-8(2)5-7-9;1-3-8-5-4-7(2)9-6-8;2*1-3-7-5-4-6(2)8-7;1-3-4-9-5-6(2)7-8-9;1-3-6-4-7-5(2)8-6/h4-7H,3H2,1-2H3;4-6H,3H2,1-2H3;2*4-5H,3H2,1-2H3;5H,3-4H2,1-2H3;4H,3H2,1-2H3,(H,7,8). The molecule has 0 fully saturated rings. The Morgan fingerprint density at radius 1 is 0.647 bits per heavy atom. The maximum absolute atomic E-state index is 5.23. The van der Waals surface area contributed by atoms with Crippen LogP contribution in [0.1, 0.15) is 109 Å². The van der Waals surface area contributed by atoms with Gasteiger partial charge >= 0.3 is 0 Å². The first-order valence-corrected chi connectivity index (χ1v) is 19.2. The summed E-state index contributed by atoms with van der Waals surface area (Å²) in [6.07, 6.45) is 12.3. The molecule has 5 heterocycles. The van der Waals surface area contributed by atoms with Crippen molar-refractivity contribution >= 4 is 11.3 Å². The number of nitrogens with zero attached hydrogens (tertiary/aromatic N) is 5. The van der Waals surface area contributed by atoms with Crippen LogP contribution in [-0.4, -0.2) is 29.9 Å². The number of aromatic nitrogens is 6. The van der Waals surface area contributed by atoms with Crippen LogP contribution in [0.25, 0.3) is 0 Å². The maximum atomic E-state index is 5.23. The lowest BCUT2D eigenvalue weighted by Crippen LogP contribution is -1.96. The molecule has 8 heteroatoms. The molecule has 0 amide bonds. The quantitative estimate of drug-likeness (QED) is 0.178. The molecule has 0 spiro atoms. The highest BCUT2D eigenvalue weighted by Crippen LogP contribution is 2.14.